The molecule has 0 saturated carbocycles. The fraction of sp³-hybridized carbons (Fsp3) is 0.174. The molecule has 33 heavy (non-hydrogen) atoms. The van der Waals surface area contributed by atoms with Crippen molar-refractivity contribution in [1.29, 1.82) is 0 Å². The minimum atomic E-state index is -1.06. The van der Waals surface area contributed by atoms with Gasteiger partial charge in [0.05, 0.1) is 24.2 Å². The standard InChI is InChI=1S/C23H19ClFN3O5/c24-14-3-9-19-17(11-14)26-23(32)20(33-19)12-21(29)27-28-16(7-10-22(30)31)6-8-18(28)13-1-4-15(25)5-2-13/h1-6,8-9,11,20H,7,10,12H2,(H,26,32)(H,27,29)(H,30,31)/t20-/m1/s1. The summed E-state index contributed by atoms with van der Waals surface area (Å²) in [4.78, 5) is 36.3. The van der Waals surface area contributed by atoms with Gasteiger partial charge < -0.3 is 15.2 Å². The minimum absolute atomic E-state index is 0.143. The van der Waals surface area contributed by atoms with Gasteiger partial charge >= 0.3 is 5.97 Å². The molecule has 1 aliphatic heterocycles. The molecule has 0 saturated heterocycles. The summed E-state index contributed by atoms with van der Waals surface area (Å²) in [7, 11) is 0. The van der Waals surface area contributed by atoms with Crippen molar-refractivity contribution in [3.63, 3.8) is 0 Å². The quantitative estimate of drug-likeness (QED) is 0.485. The number of carboxylic acids is 1. The van der Waals surface area contributed by atoms with Crippen LogP contribution in [0.2, 0.25) is 5.02 Å². The molecular formula is C23H19ClFN3O5. The molecule has 1 aliphatic rings. The van der Waals surface area contributed by atoms with E-state index in [0.717, 1.165) is 0 Å². The van der Waals surface area contributed by atoms with E-state index in [1.165, 1.54) is 16.8 Å². The van der Waals surface area contributed by atoms with E-state index in [0.29, 0.717) is 33.4 Å². The maximum atomic E-state index is 13.4. The molecule has 0 radical (unpaired) electrons. The van der Waals surface area contributed by atoms with Crippen LogP contribution in [-0.4, -0.2) is 33.7 Å². The molecule has 0 aliphatic carbocycles. The molecule has 2 aromatic carbocycles. The van der Waals surface area contributed by atoms with Crippen LogP contribution in [0.1, 0.15) is 18.5 Å². The van der Waals surface area contributed by atoms with E-state index in [2.05, 4.69) is 10.7 Å². The number of aromatic nitrogens is 1. The lowest BCUT2D eigenvalue weighted by atomic mass is 10.1. The largest absolute Gasteiger partial charge is 0.481 e. The smallest absolute Gasteiger partial charge is 0.303 e. The fourth-order valence-electron chi connectivity index (χ4n) is 3.48. The first kappa shape index (κ1) is 22.3. The van der Waals surface area contributed by atoms with Crippen molar-refractivity contribution in [2.45, 2.75) is 25.4 Å². The number of ether oxygens (including phenoxy) is 1. The molecule has 10 heteroatoms. The Morgan fingerprint density at radius 2 is 1.91 bits per heavy atom. The Balaban J connectivity index is 1.54. The molecule has 3 aromatic rings. The number of nitrogens with zero attached hydrogens (tertiary/aromatic N) is 1. The normalized spacial score (nSPS) is 14.7. The number of aryl methyl sites for hydroxylation is 1. The summed E-state index contributed by atoms with van der Waals surface area (Å²) >= 11 is 5.93. The lowest BCUT2D eigenvalue weighted by Gasteiger charge is -2.26. The Hall–Kier alpha value is -3.85. The van der Waals surface area contributed by atoms with Gasteiger partial charge in [-0.05, 0) is 54.6 Å². The number of benzene rings is 2. The summed E-state index contributed by atoms with van der Waals surface area (Å²) in [6, 6.07) is 13.8. The van der Waals surface area contributed by atoms with Crippen molar-refractivity contribution in [3.05, 3.63) is 71.1 Å². The first-order chi connectivity index (χ1) is 15.8. The number of nitrogens with one attached hydrogen (secondary N) is 2. The maximum Gasteiger partial charge on any atom is 0.303 e. The van der Waals surface area contributed by atoms with Crippen molar-refractivity contribution >= 4 is 35.1 Å². The second-order valence-corrected chi connectivity index (χ2v) is 7.86. The summed E-state index contributed by atoms with van der Waals surface area (Å²) in [6.45, 7) is 0. The van der Waals surface area contributed by atoms with Gasteiger partial charge in [-0.3, -0.25) is 24.5 Å². The predicted molar refractivity (Wildman–Crippen MR) is 119 cm³/mol. The Morgan fingerprint density at radius 3 is 2.64 bits per heavy atom. The summed E-state index contributed by atoms with van der Waals surface area (Å²) in [5.74, 6) is -2.01. The van der Waals surface area contributed by atoms with Crippen molar-refractivity contribution in [2.24, 2.45) is 0 Å². The fourth-order valence-corrected chi connectivity index (χ4v) is 3.65. The van der Waals surface area contributed by atoms with Crippen LogP contribution >= 0.6 is 11.6 Å². The van der Waals surface area contributed by atoms with Gasteiger partial charge in [-0.25, -0.2) is 4.39 Å². The first-order valence-corrected chi connectivity index (χ1v) is 10.4. The molecule has 8 nitrogen and oxygen atoms in total. The SMILES string of the molecule is O=C(O)CCc1ccc(-c2ccc(F)cc2)n1NC(=O)C[C@H]1Oc2ccc(Cl)cc2NC1=O. The molecule has 0 unspecified atom stereocenters. The van der Waals surface area contributed by atoms with E-state index in [4.69, 9.17) is 21.4 Å². The van der Waals surface area contributed by atoms with Crippen LogP contribution in [0.3, 0.4) is 0 Å². The van der Waals surface area contributed by atoms with E-state index in [1.807, 2.05) is 0 Å². The number of anilines is 1. The van der Waals surface area contributed by atoms with Gasteiger partial charge in [0.15, 0.2) is 6.10 Å². The second-order valence-electron chi connectivity index (χ2n) is 7.42. The highest BCUT2D eigenvalue weighted by Gasteiger charge is 2.30. The molecule has 3 N–H and O–H groups in total. The molecule has 4 rings (SSSR count). The van der Waals surface area contributed by atoms with Crippen LogP contribution in [0.25, 0.3) is 11.3 Å². The zero-order valence-corrected chi connectivity index (χ0v) is 17.9. The second kappa shape index (κ2) is 9.33. The van der Waals surface area contributed by atoms with Crippen molar-refractivity contribution in [2.75, 3.05) is 10.7 Å². The predicted octanol–water partition coefficient (Wildman–Crippen LogP) is 3.82. The zero-order valence-electron chi connectivity index (χ0n) is 17.2. The zero-order chi connectivity index (χ0) is 23.5. The number of halogens is 2. The molecular weight excluding hydrogens is 453 g/mol. The first-order valence-electron chi connectivity index (χ1n) is 10.1. The Labute approximate surface area is 192 Å². The number of carbonyl (C=O) groups is 3. The molecule has 0 bridgehead atoms. The van der Waals surface area contributed by atoms with Crippen LogP contribution < -0.4 is 15.5 Å². The third-order valence-electron chi connectivity index (χ3n) is 5.07. The van der Waals surface area contributed by atoms with E-state index in [1.54, 1.807) is 42.5 Å². The van der Waals surface area contributed by atoms with E-state index in [-0.39, 0.29) is 19.3 Å². The van der Waals surface area contributed by atoms with Crippen LogP contribution in [0, 0.1) is 5.82 Å². The van der Waals surface area contributed by atoms with Gasteiger partial charge in [0.2, 0.25) is 5.91 Å². The molecule has 2 heterocycles. The maximum absolute atomic E-state index is 13.4. The summed E-state index contributed by atoms with van der Waals surface area (Å²) in [5.41, 5.74) is 4.83. The van der Waals surface area contributed by atoms with E-state index >= 15 is 0 Å². The van der Waals surface area contributed by atoms with Gasteiger partial charge in [0, 0.05) is 22.7 Å². The van der Waals surface area contributed by atoms with Gasteiger partial charge in [-0.1, -0.05) is 11.6 Å². The minimum Gasteiger partial charge on any atom is -0.481 e. The Kier molecular flexibility index (Phi) is 6.32. The average molecular weight is 472 g/mol. The average Bonchev–Trinajstić information content (AvgIpc) is 3.15. The lowest BCUT2D eigenvalue weighted by Crippen LogP contribution is -2.40. The highest BCUT2D eigenvalue weighted by atomic mass is 35.5. The lowest BCUT2D eigenvalue weighted by molar-refractivity contribution is -0.137. The molecule has 1 aromatic heterocycles. The molecule has 0 fully saturated rings. The molecule has 2 amide bonds. The number of hydrogen-bond donors (Lipinski definition) is 3. The number of carbonyl (C=O) groups excluding carboxylic acids is 2. The monoisotopic (exact) mass is 471 g/mol. The van der Waals surface area contributed by atoms with E-state index in [9.17, 15) is 18.8 Å². The highest BCUT2D eigenvalue weighted by molar-refractivity contribution is 6.31. The van der Waals surface area contributed by atoms with Crippen LogP contribution in [0.4, 0.5) is 10.1 Å². The Bertz CT molecular complexity index is 1230. The van der Waals surface area contributed by atoms with Gasteiger partial charge in [-0.15, -0.1) is 0 Å². The molecule has 170 valence electrons. The topological polar surface area (TPSA) is 110 Å². The van der Waals surface area contributed by atoms with Gasteiger partial charge in [-0.2, -0.15) is 0 Å². The van der Waals surface area contributed by atoms with E-state index < -0.39 is 29.7 Å². The summed E-state index contributed by atoms with van der Waals surface area (Å²) in [5, 5.41) is 12.1. The summed E-state index contributed by atoms with van der Waals surface area (Å²) < 4.78 is 20.5. The van der Waals surface area contributed by atoms with Gasteiger partial charge in [0.25, 0.3) is 5.91 Å². The number of aliphatic carboxylic acids is 1. The van der Waals surface area contributed by atoms with Gasteiger partial charge in [0.1, 0.15) is 11.6 Å². The van der Waals surface area contributed by atoms with Crippen molar-refractivity contribution in [3.8, 4) is 17.0 Å². The Morgan fingerprint density at radius 1 is 1.15 bits per heavy atom. The van der Waals surface area contributed by atoms with Crippen LogP contribution in [0.15, 0.2) is 54.6 Å². The van der Waals surface area contributed by atoms with Crippen LogP contribution in [-0.2, 0) is 20.8 Å². The number of hydrogen-bond acceptors (Lipinski definition) is 4. The molecule has 0 spiro atoms. The number of fused-ring (bicyclic) bond motifs is 1. The van der Waals surface area contributed by atoms with Crippen molar-refractivity contribution in [1.82, 2.24) is 4.68 Å². The van der Waals surface area contributed by atoms with Crippen LogP contribution in [0.5, 0.6) is 5.75 Å². The number of rotatable bonds is 7. The highest BCUT2D eigenvalue weighted by Crippen LogP contribution is 2.32. The third kappa shape index (κ3) is 5.15. The summed E-state index contributed by atoms with van der Waals surface area (Å²) in [6.07, 6.45) is -1.33. The molecule has 1 atom stereocenters. The third-order valence-corrected chi connectivity index (χ3v) is 5.30. The number of carboxylic acid groups (broad SMARTS) is 1. The number of amides is 2. The van der Waals surface area contributed by atoms with Crippen molar-refractivity contribution < 1.29 is 28.6 Å².